The molecular formula is C17H23N5O2. The predicted octanol–water partition coefficient (Wildman–Crippen LogP) is 1.40. The molecular weight excluding hydrogens is 306 g/mol. The van der Waals surface area contributed by atoms with Crippen LogP contribution in [0, 0.1) is 0 Å². The highest BCUT2D eigenvalue weighted by atomic mass is 16.5. The highest BCUT2D eigenvalue weighted by Gasteiger charge is 2.38. The Morgan fingerprint density at radius 2 is 2.08 bits per heavy atom. The smallest absolute Gasteiger partial charge is 0.228 e. The number of benzene rings is 1. The molecule has 7 heteroatoms. The number of amides is 1. The van der Waals surface area contributed by atoms with E-state index < -0.39 is 5.54 Å². The molecule has 1 aliphatic rings. The van der Waals surface area contributed by atoms with E-state index >= 15 is 0 Å². The number of aromatic nitrogens is 4. The van der Waals surface area contributed by atoms with Crippen LogP contribution in [0.4, 0.5) is 0 Å². The quantitative estimate of drug-likeness (QED) is 0.917. The fraction of sp³-hybridized carbons (Fsp3) is 0.529. The summed E-state index contributed by atoms with van der Waals surface area (Å²) in [4.78, 5) is 14.1. The van der Waals surface area contributed by atoms with Crippen LogP contribution in [0.3, 0.4) is 0 Å². The fourth-order valence-electron chi connectivity index (χ4n) is 2.77. The average molecular weight is 329 g/mol. The van der Waals surface area contributed by atoms with Gasteiger partial charge >= 0.3 is 0 Å². The van der Waals surface area contributed by atoms with E-state index in [2.05, 4.69) is 20.7 Å². The van der Waals surface area contributed by atoms with Gasteiger partial charge in [0.2, 0.25) is 5.91 Å². The first kappa shape index (κ1) is 16.6. The van der Waals surface area contributed by atoms with Crippen LogP contribution in [0.5, 0.6) is 0 Å². The summed E-state index contributed by atoms with van der Waals surface area (Å²) < 4.78 is 5.55. The zero-order valence-electron chi connectivity index (χ0n) is 14.3. The Labute approximate surface area is 141 Å². The van der Waals surface area contributed by atoms with Crippen LogP contribution >= 0.6 is 0 Å². The summed E-state index contributed by atoms with van der Waals surface area (Å²) in [6.45, 7) is 7.06. The Morgan fingerprint density at radius 3 is 2.67 bits per heavy atom. The summed E-state index contributed by atoms with van der Waals surface area (Å²) in [5, 5.41) is 15.4. The van der Waals surface area contributed by atoms with Gasteiger partial charge in [-0.05, 0) is 31.5 Å². The molecule has 24 heavy (non-hydrogen) atoms. The molecule has 1 atom stereocenters. The van der Waals surface area contributed by atoms with Gasteiger partial charge in [-0.3, -0.25) is 4.79 Å². The molecule has 1 aromatic carbocycles. The van der Waals surface area contributed by atoms with Crippen molar-refractivity contribution in [1.82, 2.24) is 25.5 Å². The van der Waals surface area contributed by atoms with Gasteiger partial charge in [0.15, 0.2) is 5.82 Å². The van der Waals surface area contributed by atoms with Gasteiger partial charge in [-0.1, -0.05) is 30.3 Å². The number of nitrogens with zero attached hydrogens (tertiary/aromatic N) is 4. The minimum Gasteiger partial charge on any atom is -0.379 e. The van der Waals surface area contributed by atoms with Crippen molar-refractivity contribution in [3.05, 3.63) is 41.7 Å². The molecule has 1 saturated heterocycles. The number of tetrazole rings is 1. The van der Waals surface area contributed by atoms with E-state index in [-0.39, 0.29) is 17.9 Å². The third kappa shape index (κ3) is 3.46. The van der Waals surface area contributed by atoms with Crippen LogP contribution in [0.2, 0.25) is 0 Å². The number of carbonyl (C=O) groups is 1. The number of rotatable bonds is 4. The molecule has 2 heterocycles. The van der Waals surface area contributed by atoms with Gasteiger partial charge in [0.25, 0.3) is 0 Å². The second kappa shape index (κ2) is 6.32. The molecule has 0 saturated carbocycles. The second-order valence-electron chi connectivity index (χ2n) is 7.14. The van der Waals surface area contributed by atoms with Crippen LogP contribution in [-0.4, -0.2) is 39.3 Å². The molecule has 0 aliphatic carbocycles. The van der Waals surface area contributed by atoms with Gasteiger partial charge in [0.1, 0.15) is 0 Å². The molecule has 1 fully saturated rings. The maximum absolute atomic E-state index is 12.5. The minimum atomic E-state index is -0.474. The Bertz CT molecular complexity index is 699. The summed E-state index contributed by atoms with van der Waals surface area (Å²) in [6.07, 6.45) is 0.857. The second-order valence-corrected chi connectivity index (χ2v) is 7.14. The minimum absolute atomic E-state index is 0.102. The van der Waals surface area contributed by atoms with E-state index in [0.717, 1.165) is 12.0 Å². The summed E-state index contributed by atoms with van der Waals surface area (Å²) in [5.74, 6) is 0.294. The van der Waals surface area contributed by atoms with Gasteiger partial charge < -0.3 is 10.1 Å². The zero-order chi connectivity index (χ0) is 17.2. The van der Waals surface area contributed by atoms with Gasteiger partial charge in [-0.2, -0.15) is 4.80 Å². The number of hydrogen-bond donors (Lipinski definition) is 1. The molecule has 3 rings (SSSR count). The Morgan fingerprint density at radius 1 is 1.33 bits per heavy atom. The predicted molar refractivity (Wildman–Crippen MR) is 88.2 cm³/mol. The molecule has 1 unspecified atom stereocenters. The van der Waals surface area contributed by atoms with Crippen molar-refractivity contribution >= 4 is 5.91 Å². The zero-order valence-corrected chi connectivity index (χ0v) is 14.3. The monoisotopic (exact) mass is 329 g/mol. The maximum atomic E-state index is 12.5. The van der Waals surface area contributed by atoms with Gasteiger partial charge in [-0.25, -0.2) is 0 Å². The van der Waals surface area contributed by atoms with Crippen LogP contribution in [0.1, 0.15) is 38.6 Å². The van der Waals surface area contributed by atoms with Crippen molar-refractivity contribution < 1.29 is 9.53 Å². The van der Waals surface area contributed by atoms with Crippen molar-refractivity contribution in [3.63, 3.8) is 0 Å². The highest BCUT2D eigenvalue weighted by molar-refractivity contribution is 5.78. The number of ether oxygens (including phenoxy) is 1. The molecule has 0 spiro atoms. The lowest BCUT2D eigenvalue weighted by molar-refractivity contribution is -0.122. The number of nitrogens with one attached hydrogen (secondary N) is 1. The highest BCUT2D eigenvalue weighted by Crippen LogP contribution is 2.30. The lowest BCUT2D eigenvalue weighted by Gasteiger charge is -2.29. The lowest BCUT2D eigenvalue weighted by Crippen LogP contribution is -2.47. The third-order valence-corrected chi connectivity index (χ3v) is 4.10. The Kier molecular flexibility index (Phi) is 4.36. The first-order valence-corrected chi connectivity index (χ1v) is 8.13. The fourth-order valence-corrected chi connectivity index (χ4v) is 2.77. The van der Waals surface area contributed by atoms with Crippen molar-refractivity contribution in [2.45, 2.75) is 44.7 Å². The standard InChI is InChI=1S/C17H23N5O2/c1-16(2,3)22-20-14(19-21-22)11-15(23)18-17(9-10-24-12-17)13-7-5-4-6-8-13/h4-8H,9-12H2,1-3H3,(H,18,23). The molecule has 1 N–H and O–H groups in total. The van der Waals surface area contributed by atoms with Gasteiger partial charge in [-0.15, -0.1) is 10.2 Å². The molecule has 2 aromatic rings. The third-order valence-electron chi connectivity index (χ3n) is 4.10. The van der Waals surface area contributed by atoms with E-state index in [9.17, 15) is 4.79 Å². The molecule has 1 aliphatic heterocycles. The SMILES string of the molecule is CC(C)(C)n1nnc(CC(=O)NC2(c3ccccc3)CCOC2)n1. The van der Waals surface area contributed by atoms with Gasteiger partial charge in [0.05, 0.1) is 24.1 Å². The molecule has 0 bridgehead atoms. The van der Waals surface area contributed by atoms with E-state index in [4.69, 9.17) is 4.74 Å². The van der Waals surface area contributed by atoms with Crippen molar-refractivity contribution in [2.75, 3.05) is 13.2 Å². The molecule has 0 radical (unpaired) electrons. The van der Waals surface area contributed by atoms with Crippen LogP contribution in [0.15, 0.2) is 30.3 Å². The van der Waals surface area contributed by atoms with Crippen LogP contribution in [0.25, 0.3) is 0 Å². The normalized spacial score (nSPS) is 21.0. The molecule has 1 amide bonds. The summed E-state index contributed by atoms with van der Waals surface area (Å²) in [5.41, 5.74) is 0.326. The number of hydrogen-bond acceptors (Lipinski definition) is 5. The van der Waals surface area contributed by atoms with Crippen LogP contribution < -0.4 is 5.32 Å². The van der Waals surface area contributed by atoms with Gasteiger partial charge in [0, 0.05) is 13.0 Å². The maximum Gasteiger partial charge on any atom is 0.228 e. The average Bonchev–Trinajstić information content (AvgIpc) is 3.18. The van der Waals surface area contributed by atoms with E-state index in [1.165, 1.54) is 4.80 Å². The van der Waals surface area contributed by atoms with Crippen molar-refractivity contribution in [3.8, 4) is 0 Å². The Balaban J connectivity index is 1.72. The first-order valence-electron chi connectivity index (χ1n) is 8.13. The lowest BCUT2D eigenvalue weighted by atomic mass is 9.89. The summed E-state index contributed by atoms with van der Waals surface area (Å²) in [6, 6.07) is 9.94. The van der Waals surface area contributed by atoms with E-state index in [1.54, 1.807) is 0 Å². The van der Waals surface area contributed by atoms with E-state index in [1.807, 2.05) is 51.1 Å². The molecule has 1 aromatic heterocycles. The summed E-state index contributed by atoms with van der Waals surface area (Å²) >= 11 is 0. The number of carbonyl (C=O) groups excluding carboxylic acids is 1. The summed E-state index contributed by atoms with van der Waals surface area (Å²) in [7, 11) is 0. The Hall–Kier alpha value is -2.28. The first-order chi connectivity index (χ1) is 11.4. The van der Waals surface area contributed by atoms with E-state index in [0.29, 0.717) is 19.0 Å². The van der Waals surface area contributed by atoms with Crippen molar-refractivity contribution in [2.24, 2.45) is 0 Å². The van der Waals surface area contributed by atoms with Crippen molar-refractivity contribution in [1.29, 1.82) is 0 Å². The molecule has 128 valence electrons. The van der Waals surface area contributed by atoms with Crippen LogP contribution in [-0.2, 0) is 27.0 Å². The molecule has 7 nitrogen and oxygen atoms in total. The topological polar surface area (TPSA) is 81.9 Å². The largest absolute Gasteiger partial charge is 0.379 e.